The van der Waals surface area contributed by atoms with Gasteiger partial charge in [-0.15, -0.1) is 0 Å². The molecule has 1 unspecified atom stereocenters. The maximum absolute atomic E-state index is 5.26. The molecule has 0 aliphatic heterocycles. The van der Waals surface area contributed by atoms with E-state index < -0.39 is 0 Å². The summed E-state index contributed by atoms with van der Waals surface area (Å²) in [4.78, 5) is 0. The maximum atomic E-state index is 5.26. The molecule has 2 radical (unpaired) electrons. The topological polar surface area (TPSA) is 26.0 Å². The van der Waals surface area contributed by atoms with E-state index in [2.05, 4.69) is 6.92 Å². The molecule has 0 aromatic heterocycles. The normalized spacial score (nSPS) is 14.0. The first-order chi connectivity index (χ1) is 3.27. The van der Waals surface area contributed by atoms with Gasteiger partial charge in [0.05, 0.1) is 7.85 Å². The third-order valence-electron chi connectivity index (χ3n) is 0.891. The smallest absolute Gasteiger partial charge is 0.0903 e. The van der Waals surface area contributed by atoms with Gasteiger partial charge in [-0.2, -0.15) is 0 Å². The van der Waals surface area contributed by atoms with E-state index >= 15 is 0 Å². The fourth-order valence-corrected chi connectivity index (χ4v) is 0.440. The predicted octanol–water partition coefficient (Wildman–Crippen LogP) is 0.630. The molecule has 0 aromatic carbocycles. The van der Waals surface area contributed by atoms with Crippen LogP contribution in [0.15, 0.2) is 0 Å². The van der Waals surface area contributed by atoms with E-state index in [1.54, 1.807) is 0 Å². The molecule has 1 atom stereocenters. The van der Waals surface area contributed by atoms with Crippen molar-refractivity contribution in [3.05, 3.63) is 0 Å². The predicted molar refractivity (Wildman–Crippen MR) is 33.3 cm³/mol. The maximum Gasteiger partial charge on any atom is 0.0903 e. The Hall–Kier alpha value is 0.0249. The van der Waals surface area contributed by atoms with Crippen molar-refractivity contribution in [1.29, 1.82) is 0 Å². The quantitative estimate of drug-likeness (QED) is 0.513. The summed E-state index contributed by atoms with van der Waals surface area (Å²) in [7, 11) is 5.26. The third kappa shape index (κ3) is 6.02. The lowest BCUT2D eigenvalue weighted by molar-refractivity contribution is 0.692. The summed E-state index contributed by atoms with van der Waals surface area (Å²) in [6.45, 7) is 2.13. The van der Waals surface area contributed by atoms with Crippen LogP contribution in [0.3, 0.4) is 0 Å². The van der Waals surface area contributed by atoms with E-state index in [9.17, 15) is 0 Å². The fraction of sp³-hybridized carbons (Fsp3) is 1.00. The molecule has 0 bridgehead atoms. The molecule has 2 heteroatoms. The van der Waals surface area contributed by atoms with Crippen molar-refractivity contribution in [1.82, 2.24) is 0 Å². The molecular formula is C5H12BN. The van der Waals surface area contributed by atoms with Crippen molar-refractivity contribution in [2.75, 3.05) is 0 Å². The molecule has 0 saturated heterocycles. The minimum absolute atomic E-state index is 0.0973. The number of nitrogens with two attached hydrogens (primary N) is 1. The molecule has 0 fully saturated rings. The number of unbranched alkanes of at least 4 members (excludes halogenated alkanes) is 1. The van der Waals surface area contributed by atoms with E-state index in [0.717, 1.165) is 12.8 Å². The van der Waals surface area contributed by atoms with Crippen LogP contribution in [0.2, 0.25) is 0 Å². The monoisotopic (exact) mass is 97.1 g/mol. The molecule has 7 heavy (non-hydrogen) atoms. The molecule has 0 aliphatic carbocycles. The zero-order valence-electron chi connectivity index (χ0n) is 4.85. The van der Waals surface area contributed by atoms with Gasteiger partial charge >= 0.3 is 0 Å². The van der Waals surface area contributed by atoms with E-state index in [1.165, 1.54) is 6.42 Å². The van der Waals surface area contributed by atoms with Crippen LogP contribution in [0.4, 0.5) is 0 Å². The van der Waals surface area contributed by atoms with Gasteiger partial charge in [-0.05, 0) is 12.4 Å². The Kier molecular flexibility index (Phi) is 4.21. The molecule has 1 nitrogen and oxygen atoms in total. The average Bonchev–Trinajstić information content (AvgIpc) is 1.61. The third-order valence-corrected chi connectivity index (χ3v) is 0.891. The first-order valence-electron chi connectivity index (χ1n) is 2.78. The van der Waals surface area contributed by atoms with Gasteiger partial charge in [0.25, 0.3) is 0 Å². The van der Waals surface area contributed by atoms with Crippen LogP contribution in [0, 0.1) is 0 Å². The number of hydrogen-bond donors (Lipinski definition) is 1. The lowest BCUT2D eigenvalue weighted by Crippen LogP contribution is -2.18. The van der Waals surface area contributed by atoms with Gasteiger partial charge in [0, 0.05) is 0 Å². The second kappa shape index (κ2) is 4.19. The van der Waals surface area contributed by atoms with Crippen LogP contribution in [0.1, 0.15) is 26.2 Å². The van der Waals surface area contributed by atoms with Gasteiger partial charge in [0.2, 0.25) is 0 Å². The minimum Gasteiger partial charge on any atom is -0.336 e. The highest BCUT2D eigenvalue weighted by Crippen LogP contribution is 1.93. The van der Waals surface area contributed by atoms with Crippen LogP contribution in [-0.4, -0.2) is 13.8 Å². The molecule has 0 rings (SSSR count). The molecule has 0 aliphatic rings. The Labute approximate surface area is 46.7 Å². The summed E-state index contributed by atoms with van der Waals surface area (Å²) < 4.78 is 0. The SMILES string of the molecule is [B]C(N)CCCC. The van der Waals surface area contributed by atoms with Gasteiger partial charge in [-0.3, -0.25) is 0 Å². The lowest BCUT2D eigenvalue weighted by Gasteiger charge is -1.99. The highest BCUT2D eigenvalue weighted by Gasteiger charge is 1.88. The number of hydrogen-bond acceptors (Lipinski definition) is 1. The van der Waals surface area contributed by atoms with Crippen molar-refractivity contribution >= 4 is 7.85 Å². The fourth-order valence-electron chi connectivity index (χ4n) is 0.440. The molecule has 0 saturated carbocycles. The van der Waals surface area contributed by atoms with Crippen molar-refractivity contribution in [3.8, 4) is 0 Å². The minimum atomic E-state index is -0.0973. The van der Waals surface area contributed by atoms with Crippen molar-refractivity contribution in [2.45, 2.75) is 32.1 Å². The van der Waals surface area contributed by atoms with Crippen LogP contribution >= 0.6 is 0 Å². The van der Waals surface area contributed by atoms with Crippen molar-refractivity contribution < 1.29 is 0 Å². The van der Waals surface area contributed by atoms with Crippen LogP contribution < -0.4 is 5.73 Å². The highest BCUT2D eigenvalue weighted by molar-refractivity contribution is 6.11. The van der Waals surface area contributed by atoms with Gasteiger partial charge in [-0.1, -0.05) is 19.8 Å². The molecule has 0 aromatic rings. The van der Waals surface area contributed by atoms with E-state index in [4.69, 9.17) is 13.6 Å². The zero-order chi connectivity index (χ0) is 5.70. The highest BCUT2D eigenvalue weighted by atomic mass is 14.6. The summed E-state index contributed by atoms with van der Waals surface area (Å²) in [5.74, 6) is -0.0973. The van der Waals surface area contributed by atoms with Crippen LogP contribution in [-0.2, 0) is 0 Å². The Morgan fingerprint density at radius 2 is 2.29 bits per heavy atom. The summed E-state index contributed by atoms with van der Waals surface area (Å²) in [5.41, 5.74) is 5.26. The molecule has 0 spiro atoms. The van der Waals surface area contributed by atoms with Crippen molar-refractivity contribution in [3.63, 3.8) is 0 Å². The second-order valence-corrected chi connectivity index (χ2v) is 1.81. The van der Waals surface area contributed by atoms with E-state index in [0.29, 0.717) is 0 Å². The van der Waals surface area contributed by atoms with Crippen LogP contribution in [0.5, 0.6) is 0 Å². The average molecular weight is 97.0 g/mol. The standard InChI is InChI=1S/C5H12BN/c1-2-3-4-5(6)7/h5H,2-4,7H2,1H3. The van der Waals surface area contributed by atoms with Gasteiger partial charge in [0.1, 0.15) is 0 Å². The summed E-state index contributed by atoms with van der Waals surface area (Å²) >= 11 is 0. The first kappa shape index (κ1) is 7.02. The Balaban J connectivity index is 2.68. The van der Waals surface area contributed by atoms with E-state index in [-0.39, 0.29) is 5.94 Å². The largest absolute Gasteiger partial charge is 0.336 e. The Bertz CT molecular complexity index is 37.1. The summed E-state index contributed by atoms with van der Waals surface area (Å²) in [6.07, 6.45) is 3.29. The van der Waals surface area contributed by atoms with Gasteiger partial charge in [0.15, 0.2) is 0 Å². The lowest BCUT2D eigenvalue weighted by atomic mass is 9.93. The Morgan fingerprint density at radius 3 is 2.43 bits per heavy atom. The van der Waals surface area contributed by atoms with Crippen LogP contribution in [0.25, 0.3) is 0 Å². The zero-order valence-corrected chi connectivity index (χ0v) is 4.85. The van der Waals surface area contributed by atoms with Crippen molar-refractivity contribution in [2.24, 2.45) is 5.73 Å². The van der Waals surface area contributed by atoms with E-state index in [1.807, 2.05) is 0 Å². The summed E-state index contributed by atoms with van der Waals surface area (Å²) in [5, 5.41) is 0. The number of rotatable bonds is 3. The second-order valence-electron chi connectivity index (χ2n) is 1.81. The summed E-state index contributed by atoms with van der Waals surface area (Å²) in [6, 6.07) is 0. The molecule has 0 heterocycles. The van der Waals surface area contributed by atoms with Gasteiger partial charge < -0.3 is 5.73 Å². The molecular weight excluding hydrogens is 84.9 g/mol. The molecule has 2 N–H and O–H groups in total. The molecule has 0 amide bonds. The van der Waals surface area contributed by atoms with Gasteiger partial charge in [-0.25, -0.2) is 0 Å². The first-order valence-corrected chi connectivity index (χ1v) is 2.78. The molecule has 40 valence electrons. The Morgan fingerprint density at radius 1 is 1.71 bits per heavy atom.